The van der Waals surface area contributed by atoms with E-state index in [0.717, 1.165) is 5.82 Å². The molecule has 0 aromatic carbocycles. The number of anilines is 1. The molecular formula is C19H20N4O5S. The number of aryl methyl sites for hydroxylation is 1. The minimum atomic E-state index is -1.27. The average molecular weight is 416 g/mol. The third-order valence-electron chi connectivity index (χ3n) is 4.81. The van der Waals surface area contributed by atoms with E-state index in [0.29, 0.717) is 42.6 Å². The summed E-state index contributed by atoms with van der Waals surface area (Å²) in [5.74, 6) is -0.557. The summed E-state index contributed by atoms with van der Waals surface area (Å²) in [5, 5.41) is 12.1. The van der Waals surface area contributed by atoms with Gasteiger partial charge in [-0.25, -0.2) is 14.8 Å². The van der Waals surface area contributed by atoms with E-state index in [2.05, 4.69) is 14.9 Å². The van der Waals surface area contributed by atoms with Crippen LogP contribution in [-0.2, 0) is 9.47 Å². The molecule has 3 aromatic rings. The van der Waals surface area contributed by atoms with E-state index < -0.39 is 11.4 Å². The smallest absolute Gasteiger partial charge is 0.341 e. The van der Waals surface area contributed by atoms with E-state index in [1.54, 1.807) is 30.2 Å². The second kappa shape index (κ2) is 7.90. The molecule has 0 amide bonds. The minimum Gasteiger partial charge on any atom is -0.477 e. The predicted octanol–water partition coefficient (Wildman–Crippen LogP) is 1.70. The number of ether oxygens (including phenoxy) is 2. The van der Waals surface area contributed by atoms with Crippen LogP contribution < -0.4 is 10.3 Å². The molecule has 3 aromatic heterocycles. The topological polar surface area (TPSA) is 107 Å². The first-order chi connectivity index (χ1) is 14.0. The van der Waals surface area contributed by atoms with Crippen LogP contribution in [0.25, 0.3) is 16.2 Å². The summed E-state index contributed by atoms with van der Waals surface area (Å²) in [6.07, 6.45) is 3.03. The van der Waals surface area contributed by atoms with Crippen LogP contribution in [0.3, 0.4) is 0 Å². The maximum absolute atomic E-state index is 12.8. The summed E-state index contributed by atoms with van der Waals surface area (Å²) in [5.41, 5.74) is 0.225. The highest BCUT2D eigenvalue weighted by molar-refractivity contribution is 7.12. The molecule has 10 heteroatoms. The Hall–Kier alpha value is -2.82. The first kappa shape index (κ1) is 19.5. The lowest BCUT2D eigenvalue weighted by Gasteiger charge is -2.40. The fourth-order valence-electron chi connectivity index (χ4n) is 3.30. The van der Waals surface area contributed by atoms with Gasteiger partial charge in [-0.3, -0.25) is 9.36 Å². The lowest BCUT2D eigenvalue weighted by Crippen LogP contribution is -2.53. The average Bonchev–Trinajstić information content (AvgIpc) is 3.17. The Kier molecular flexibility index (Phi) is 5.31. The number of thiazole rings is 1. The highest BCUT2D eigenvalue weighted by atomic mass is 32.1. The summed E-state index contributed by atoms with van der Waals surface area (Å²) >= 11 is 1.34. The molecule has 4 rings (SSSR count). The molecule has 0 unspecified atom stereocenters. The molecule has 1 fully saturated rings. The van der Waals surface area contributed by atoms with Gasteiger partial charge in [-0.1, -0.05) is 0 Å². The van der Waals surface area contributed by atoms with Crippen molar-refractivity contribution in [3.8, 4) is 5.13 Å². The van der Waals surface area contributed by atoms with Gasteiger partial charge in [0, 0.05) is 38.0 Å². The molecule has 1 saturated heterocycles. The maximum Gasteiger partial charge on any atom is 0.341 e. The van der Waals surface area contributed by atoms with Gasteiger partial charge in [-0.2, -0.15) is 0 Å². The fraction of sp³-hybridized carbons (Fsp3) is 0.368. The normalized spacial score (nSPS) is 14.3. The molecule has 0 saturated carbocycles. The number of carbonyl (C=O) groups is 1. The summed E-state index contributed by atoms with van der Waals surface area (Å²) in [6.45, 7) is 4.27. The van der Waals surface area contributed by atoms with Crippen molar-refractivity contribution < 1.29 is 19.4 Å². The molecule has 0 aliphatic carbocycles. The summed E-state index contributed by atoms with van der Waals surface area (Å²) < 4.78 is 12.3. The second-order valence-electron chi connectivity index (χ2n) is 6.75. The van der Waals surface area contributed by atoms with Gasteiger partial charge in [0.15, 0.2) is 10.8 Å². The van der Waals surface area contributed by atoms with Crippen molar-refractivity contribution in [1.29, 1.82) is 0 Å². The first-order valence-corrected chi connectivity index (χ1v) is 9.93. The molecule has 1 N–H and O–H groups in total. The second-order valence-corrected chi connectivity index (χ2v) is 7.62. The van der Waals surface area contributed by atoms with Crippen LogP contribution in [0, 0.1) is 6.92 Å². The number of rotatable bonds is 7. The van der Waals surface area contributed by atoms with Crippen LogP contribution in [0.5, 0.6) is 0 Å². The minimum absolute atomic E-state index is 0.110. The highest BCUT2D eigenvalue weighted by Crippen LogP contribution is 2.27. The van der Waals surface area contributed by atoms with Gasteiger partial charge in [-0.15, -0.1) is 11.3 Å². The fourth-order valence-corrected chi connectivity index (χ4v) is 3.92. The quantitative estimate of drug-likeness (QED) is 0.580. The summed E-state index contributed by atoms with van der Waals surface area (Å²) in [7, 11) is 1.63. The van der Waals surface area contributed by atoms with Gasteiger partial charge in [0.05, 0.1) is 24.7 Å². The molecule has 0 spiro atoms. The molecular weight excluding hydrogens is 396 g/mol. The molecule has 29 heavy (non-hydrogen) atoms. The Morgan fingerprint density at radius 2 is 2.17 bits per heavy atom. The number of aromatic carboxylic acids is 1. The predicted molar refractivity (Wildman–Crippen MR) is 109 cm³/mol. The van der Waals surface area contributed by atoms with Crippen LogP contribution in [0.1, 0.15) is 15.9 Å². The zero-order valence-electron chi connectivity index (χ0n) is 16.0. The van der Waals surface area contributed by atoms with Gasteiger partial charge >= 0.3 is 5.97 Å². The number of nitrogens with zero attached hydrogens (tertiary/aromatic N) is 4. The van der Waals surface area contributed by atoms with Crippen molar-refractivity contribution >= 4 is 34.2 Å². The molecule has 1 aliphatic heterocycles. The number of methoxy groups -OCH3 is 1. The van der Waals surface area contributed by atoms with Crippen LogP contribution in [0.4, 0.5) is 5.82 Å². The molecule has 1 aliphatic rings. The third-order valence-corrected chi connectivity index (χ3v) is 5.58. The Balaban J connectivity index is 1.75. The Morgan fingerprint density at radius 3 is 2.83 bits per heavy atom. The number of carboxylic acids is 1. The molecule has 4 heterocycles. The largest absolute Gasteiger partial charge is 0.477 e. The van der Waals surface area contributed by atoms with E-state index in [-0.39, 0.29) is 17.1 Å². The SMILES string of the molecule is COCCOC1CN(c2cc(C)c3c(=O)c(C(=O)O)cn(-c4nccs4)c3n2)C1. The molecule has 0 bridgehead atoms. The zero-order chi connectivity index (χ0) is 20.5. The van der Waals surface area contributed by atoms with Gasteiger partial charge < -0.3 is 19.5 Å². The van der Waals surface area contributed by atoms with E-state index in [1.807, 2.05) is 6.07 Å². The lowest BCUT2D eigenvalue weighted by molar-refractivity contribution is 0.00377. The number of aromatic nitrogens is 3. The van der Waals surface area contributed by atoms with Crippen molar-refractivity contribution in [2.45, 2.75) is 13.0 Å². The van der Waals surface area contributed by atoms with Crippen molar-refractivity contribution in [3.05, 3.63) is 45.2 Å². The maximum atomic E-state index is 12.8. The summed E-state index contributed by atoms with van der Waals surface area (Å²) in [4.78, 5) is 35.4. The first-order valence-electron chi connectivity index (χ1n) is 9.05. The summed E-state index contributed by atoms with van der Waals surface area (Å²) in [6, 6.07) is 1.81. The Labute approximate surface area is 170 Å². The monoisotopic (exact) mass is 416 g/mol. The number of carboxylic acid groups (broad SMARTS) is 1. The molecule has 152 valence electrons. The third kappa shape index (κ3) is 3.61. The van der Waals surface area contributed by atoms with Crippen LogP contribution in [0.15, 0.2) is 28.6 Å². The Morgan fingerprint density at radius 1 is 1.38 bits per heavy atom. The van der Waals surface area contributed by atoms with E-state index in [4.69, 9.17) is 9.47 Å². The number of fused-ring (bicyclic) bond motifs is 1. The van der Waals surface area contributed by atoms with Gasteiger partial charge in [0.2, 0.25) is 5.43 Å². The molecule has 9 nitrogen and oxygen atoms in total. The van der Waals surface area contributed by atoms with E-state index >= 15 is 0 Å². The van der Waals surface area contributed by atoms with Crippen molar-refractivity contribution in [1.82, 2.24) is 14.5 Å². The van der Waals surface area contributed by atoms with Crippen LogP contribution in [0.2, 0.25) is 0 Å². The van der Waals surface area contributed by atoms with E-state index in [1.165, 1.54) is 17.5 Å². The van der Waals surface area contributed by atoms with Gasteiger partial charge in [0.1, 0.15) is 11.4 Å². The number of hydrogen-bond donors (Lipinski definition) is 1. The zero-order valence-corrected chi connectivity index (χ0v) is 16.8. The lowest BCUT2D eigenvalue weighted by atomic mass is 10.1. The van der Waals surface area contributed by atoms with Crippen molar-refractivity contribution in [2.75, 3.05) is 38.3 Å². The number of pyridine rings is 2. The number of hydrogen-bond acceptors (Lipinski definition) is 8. The van der Waals surface area contributed by atoms with E-state index in [9.17, 15) is 14.7 Å². The Bertz CT molecular complexity index is 1110. The van der Waals surface area contributed by atoms with Crippen molar-refractivity contribution in [3.63, 3.8) is 0 Å². The van der Waals surface area contributed by atoms with Crippen LogP contribution in [-0.4, -0.2) is 65.1 Å². The van der Waals surface area contributed by atoms with Gasteiger partial charge in [0.25, 0.3) is 0 Å². The molecule has 0 radical (unpaired) electrons. The molecule has 0 atom stereocenters. The van der Waals surface area contributed by atoms with Gasteiger partial charge in [-0.05, 0) is 18.6 Å². The van der Waals surface area contributed by atoms with Crippen LogP contribution >= 0.6 is 11.3 Å². The highest BCUT2D eigenvalue weighted by Gasteiger charge is 2.29. The standard InChI is InChI=1S/C19H20N4O5S/c1-11-7-14(22-8-12(9-22)28-5-4-27-2)21-17-15(11)16(24)13(18(25)26)10-23(17)19-20-3-6-29-19/h3,6-7,10,12H,4-5,8-9H2,1-2H3,(H,25,26). The van der Waals surface area contributed by atoms with Crippen molar-refractivity contribution in [2.24, 2.45) is 0 Å².